The van der Waals surface area contributed by atoms with Crippen LogP contribution in [0.25, 0.3) is 0 Å². The second-order valence-electron chi connectivity index (χ2n) is 11.3. The van der Waals surface area contributed by atoms with E-state index >= 15 is 0 Å². The molecular formula is C27H48N4O2. The minimum Gasteiger partial charge on any atom is -0.395 e. The predicted octanol–water partition coefficient (Wildman–Crippen LogP) is 3.64. The van der Waals surface area contributed by atoms with Gasteiger partial charge in [-0.05, 0) is 108 Å². The summed E-state index contributed by atoms with van der Waals surface area (Å²) >= 11 is 0. The van der Waals surface area contributed by atoms with Crippen LogP contribution < -0.4 is 10.6 Å². The normalized spacial score (nSPS) is 41.0. The predicted molar refractivity (Wildman–Crippen MR) is 136 cm³/mol. The number of aliphatic imine (C=N–C) groups is 2. The van der Waals surface area contributed by atoms with E-state index in [1.54, 1.807) is 0 Å². The van der Waals surface area contributed by atoms with Gasteiger partial charge >= 0.3 is 0 Å². The number of aliphatic hydroxyl groups excluding tert-OH is 2. The third kappa shape index (κ3) is 8.12. The van der Waals surface area contributed by atoms with E-state index in [0.29, 0.717) is 24.2 Å². The third-order valence-electron chi connectivity index (χ3n) is 8.73. The highest BCUT2D eigenvalue weighted by Gasteiger charge is 2.27. The maximum atomic E-state index is 9.38. The van der Waals surface area contributed by atoms with Crippen LogP contribution in [0.2, 0.25) is 0 Å². The fraction of sp³-hybridized carbons (Fsp3) is 0.926. The molecule has 4 unspecified atom stereocenters. The first kappa shape index (κ1) is 25.3. The molecule has 0 aromatic carbocycles. The van der Waals surface area contributed by atoms with E-state index in [1.165, 1.54) is 70.6 Å². The Morgan fingerprint density at radius 2 is 1.00 bits per heavy atom. The van der Waals surface area contributed by atoms with Crippen molar-refractivity contribution in [3.05, 3.63) is 0 Å². The van der Waals surface area contributed by atoms with Crippen LogP contribution >= 0.6 is 0 Å². The van der Waals surface area contributed by atoms with Crippen molar-refractivity contribution in [1.82, 2.24) is 10.6 Å². The molecule has 2 saturated carbocycles. The average Bonchev–Trinajstić information content (AvgIpc) is 2.88. The molecule has 6 nitrogen and oxygen atoms in total. The van der Waals surface area contributed by atoms with Crippen molar-refractivity contribution in [3.63, 3.8) is 0 Å². The van der Waals surface area contributed by atoms with E-state index in [9.17, 15) is 10.2 Å². The summed E-state index contributed by atoms with van der Waals surface area (Å²) in [6.45, 7) is 0.485. The second-order valence-corrected chi connectivity index (χ2v) is 11.3. The maximum Gasteiger partial charge on any atom is 0.0584 e. The van der Waals surface area contributed by atoms with Crippen molar-refractivity contribution in [3.8, 4) is 0 Å². The highest BCUT2D eigenvalue weighted by atomic mass is 16.3. The molecule has 33 heavy (non-hydrogen) atoms. The number of nitrogens with zero attached hydrogens (tertiary/aromatic N) is 2. The lowest BCUT2D eigenvalue weighted by Crippen LogP contribution is -2.45. The van der Waals surface area contributed by atoms with E-state index in [-0.39, 0.29) is 25.3 Å². The van der Waals surface area contributed by atoms with E-state index < -0.39 is 0 Å². The monoisotopic (exact) mass is 460 g/mol. The summed E-state index contributed by atoms with van der Waals surface area (Å²) in [5.41, 5.74) is 0. The highest BCUT2D eigenvalue weighted by molar-refractivity contribution is 5.65. The highest BCUT2D eigenvalue weighted by Crippen LogP contribution is 2.36. The molecule has 4 N–H and O–H groups in total. The van der Waals surface area contributed by atoms with E-state index in [2.05, 4.69) is 23.1 Å². The number of hydrogen-bond donors (Lipinski definition) is 4. The van der Waals surface area contributed by atoms with Gasteiger partial charge in [0.25, 0.3) is 0 Å². The molecule has 4 rings (SSSR count). The summed E-state index contributed by atoms with van der Waals surface area (Å²) in [4.78, 5) is 9.86. The van der Waals surface area contributed by atoms with Crippen LogP contribution in [0.5, 0.6) is 0 Å². The first-order valence-corrected chi connectivity index (χ1v) is 14.0. The molecule has 4 aliphatic rings. The topological polar surface area (TPSA) is 89.2 Å². The summed E-state index contributed by atoms with van der Waals surface area (Å²) in [7, 11) is 0. The fourth-order valence-corrected chi connectivity index (χ4v) is 6.61. The number of piperidine rings is 2. The van der Waals surface area contributed by atoms with Gasteiger partial charge in [-0.15, -0.1) is 0 Å². The Kier molecular flexibility index (Phi) is 10.2. The molecule has 0 amide bonds. The molecule has 0 spiro atoms. The van der Waals surface area contributed by atoms with Gasteiger partial charge < -0.3 is 20.8 Å². The largest absolute Gasteiger partial charge is 0.395 e. The van der Waals surface area contributed by atoms with Gasteiger partial charge in [0.2, 0.25) is 0 Å². The number of rotatable bonds is 8. The number of aliphatic hydroxyl groups is 2. The van der Waals surface area contributed by atoms with Crippen LogP contribution in [0.15, 0.2) is 9.98 Å². The number of hydrogen-bond acceptors (Lipinski definition) is 6. The van der Waals surface area contributed by atoms with Gasteiger partial charge in [0, 0.05) is 48.7 Å². The Hall–Kier alpha value is -0.820. The molecule has 2 saturated heterocycles. The zero-order valence-electron chi connectivity index (χ0n) is 20.6. The van der Waals surface area contributed by atoms with Crippen molar-refractivity contribution in [2.45, 2.75) is 133 Å². The van der Waals surface area contributed by atoms with Crippen molar-refractivity contribution in [2.24, 2.45) is 21.8 Å². The van der Waals surface area contributed by atoms with E-state index in [0.717, 1.165) is 37.5 Å². The quantitative estimate of drug-likeness (QED) is 0.416. The van der Waals surface area contributed by atoms with Gasteiger partial charge in [-0.1, -0.05) is 0 Å². The lowest BCUT2D eigenvalue weighted by atomic mass is 9.76. The Balaban J connectivity index is 1.10. The van der Waals surface area contributed by atoms with Gasteiger partial charge in [0.05, 0.1) is 13.2 Å². The molecular weight excluding hydrogens is 412 g/mol. The molecule has 188 valence electrons. The Labute approximate surface area is 201 Å². The lowest BCUT2D eigenvalue weighted by molar-refractivity contribution is 0.211. The van der Waals surface area contributed by atoms with Crippen LogP contribution in [0.3, 0.4) is 0 Å². The first-order valence-electron chi connectivity index (χ1n) is 14.0. The molecule has 0 radical (unpaired) electrons. The van der Waals surface area contributed by atoms with Crippen LogP contribution in [0.1, 0.15) is 96.3 Å². The molecule has 2 aliphatic heterocycles. The molecule has 2 heterocycles. The Morgan fingerprint density at radius 1 is 0.576 bits per heavy atom. The molecule has 2 aliphatic carbocycles. The second kappa shape index (κ2) is 13.3. The zero-order chi connectivity index (χ0) is 22.9. The van der Waals surface area contributed by atoms with Crippen LogP contribution in [0.4, 0.5) is 0 Å². The number of nitrogens with one attached hydrogen (secondary N) is 2. The molecule has 4 atom stereocenters. The lowest BCUT2D eigenvalue weighted by Gasteiger charge is -2.33. The summed E-state index contributed by atoms with van der Waals surface area (Å²) < 4.78 is 0. The molecule has 4 fully saturated rings. The summed E-state index contributed by atoms with van der Waals surface area (Å²) in [5.74, 6) is 1.80. The van der Waals surface area contributed by atoms with Crippen LogP contribution in [-0.4, -0.2) is 72.1 Å². The van der Waals surface area contributed by atoms with Gasteiger partial charge in [-0.25, -0.2) is 0 Å². The van der Waals surface area contributed by atoms with Crippen molar-refractivity contribution in [2.75, 3.05) is 13.2 Å². The van der Waals surface area contributed by atoms with Crippen molar-refractivity contribution >= 4 is 12.4 Å². The van der Waals surface area contributed by atoms with Gasteiger partial charge in [0.1, 0.15) is 0 Å². The van der Waals surface area contributed by atoms with Gasteiger partial charge in [-0.2, -0.15) is 0 Å². The maximum absolute atomic E-state index is 9.38. The van der Waals surface area contributed by atoms with Crippen LogP contribution in [-0.2, 0) is 0 Å². The fourth-order valence-electron chi connectivity index (χ4n) is 6.61. The Morgan fingerprint density at radius 3 is 1.39 bits per heavy atom. The summed E-state index contributed by atoms with van der Waals surface area (Å²) in [5, 5.41) is 25.8. The van der Waals surface area contributed by atoms with Gasteiger partial charge in [0.15, 0.2) is 0 Å². The summed E-state index contributed by atoms with van der Waals surface area (Å²) in [6, 6.07) is 2.26. The van der Waals surface area contributed by atoms with E-state index in [4.69, 9.17) is 9.98 Å². The minimum absolute atomic E-state index is 0.243. The Bertz CT molecular complexity index is 559. The third-order valence-corrected chi connectivity index (χ3v) is 8.73. The first-order chi connectivity index (χ1) is 16.2. The summed E-state index contributed by atoms with van der Waals surface area (Å²) in [6.07, 6.45) is 23.0. The van der Waals surface area contributed by atoms with E-state index in [1.807, 2.05) is 0 Å². The molecule has 0 aromatic rings. The molecule has 0 bridgehead atoms. The molecule has 6 heteroatoms. The molecule has 0 aromatic heterocycles. The minimum atomic E-state index is 0.243. The standard InChI is InChI=1S/C27H48N4O2/c32-18-26-5-1-3-24(30-26)16-28-22-11-7-20(8-12-22)15-21-9-13-23(14-10-21)29-17-25-4-2-6-27(19-33)31-25/h16-17,20-27,30-33H,1-15,18-19H2. The van der Waals surface area contributed by atoms with Gasteiger partial charge in [-0.3, -0.25) is 9.98 Å². The van der Waals surface area contributed by atoms with Crippen LogP contribution in [0, 0.1) is 11.8 Å². The van der Waals surface area contributed by atoms with Crippen molar-refractivity contribution in [1.29, 1.82) is 0 Å². The smallest absolute Gasteiger partial charge is 0.0584 e. The zero-order valence-corrected chi connectivity index (χ0v) is 20.6. The SMILES string of the molecule is OCC1CCCC(C=NC2CCC(CC3CCC(N=CC4CCCC(CO)N4)CC3)CC2)N1. The average molecular weight is 461 g/mol. The van der Waals surface area contributed by atoms with Crippen molar-refractivity contribution < 1.29 is 10.2 Å².